The van der Waals surface area contributed by atoms with Crippen LogP contribution in [0.3, 0.4) is 0 Å². The van der Waals surface area contributed by atoms with Crippen molar-refractivity contribution >= 4 is 21.7 Å². The highest BCUT2D eigenvalue weighted by molar-refractivity contribution is 9.10. The van der Waals surface area contributed by atoms with E-state index in [0.717, 1.165) is 42.4 Å². The number of hydrogen-bond acceptors (Lipinski definition) is 3. The molecule has 1 aliphatic rings. The molecular weight excluding hydrogens is 302 g/mol. The molecular formula is C15H24BrN3. The van der Waals surface area contributed by atoms with Gasteiger partial charge in [-0.15, -0.1) is 0 Å². The molecule has 2 heterocycles. The van der Waals surface area contributed by atoms with Gasteiger partial charge in [0.2, 0.25) is 0 Å². The first-order valence-electron chi connectivity index (χ1n) is 7.28. The average molecular weight is 326 g/mol. The molecule has 1 atom stereocenters. The zero-order valence-electron chi connectivity index (χ0n) is 12.0. The maximum atomic E-state index is 4.59. The first kappa shape index (κ1) is 14.8. The first-order valence-corrected chi connectivity index (χ1v) is 8.07. The molecule has 0 radical (unpaired) electrons. The third-order valence-electron chi connectivity index (χ3n) is 3.64. The van der Waals surface area contributed by atoms with Crippen molar-refractivity contribution in [3.05, 3.63) is 22.3 Å². The molecule has 1 unspecified atom stereocenters. The molecule has 106 valence electrons. The summed E-state index contributed by atoms with van der Waals surface area (Å²) in [4.78, 5) is 7.01. The molecule has 1 aromatic heterocycles. The summed E-state index contributed by atoms with van der Waals surface area (Å²) in [7, 11) is 0. The summed E-state index contributed by atoms with van der Waals surface area (Å²) in [5.41, 5.74) is 1.20. The Balaban J connectivity index is 1.96. The Hall–Kier alpha value is -0.610. The lowest BCUT2D eigenvalue weighted by Gasteiger charge is -2.34. The van der Waals surface area contributed by atoms with Gasteiger partial charge in [0.1, 0.15) is 5.82 Å². The number of hydrogen-bond donors (Lipinski definition) is 1. The van der Waals surface area contributed by atoms with E-state index < -0.39 is 0 Å². The SMILES string of the molecule is CCCNCC1CCCN(c2ncc(C)cc2Br)C1. The predicted octanol–water partition coefficient (Wildman–Crippen LogP) is 3.37. The lowest BCUT2D eigenvalue weighted by Crippen LogP contribution is -2.40. The van der Waals surface area contributed by atoms with Crippen LogP contribution >= 0.6 is 15.9 Å². The van der Waals surface area contributed by atoms with E-state index in [1.807, 2.05) is 6.20 Å². The van der Waals surface area contributed by atoms with Gasteiger partial charge in [0.15, 0.2) is 0 Å². The van der Waals surface area contributed by atoms with Gasteiger partial charge in [0.05, 0.1) is 4.47 Å². The van der Waals surface area contributed by atoms with E-state index in [4.69, 9.17) is 0 Å². The van der Waals surface area contributed by atoms with Crippen molar-refractivity contribution in [2.75, 3.05) is 31.1 Å². The second-order valence-electron chi connectivity index (χ2n) is 5.48. The number of halogens is 1. The van der Waals surface area contributed by atoms with E-state index in [0.29, 0.717) is 0 Å². The monoisotopic (exact) mass is 325 g/mol. The van der Waals surface area contributed by atoms with Gasteiger partial charge in [-0.2, -0.15) is 0 Å². The summed E-state index contributed by atoms with van der Waals surface area (Å²) in [5, 5.41) is 3.54. The topological polar surface area (TPSA) is 28.2 Å². The van der Waals surface area contributed by atoms with Crippen LogP contribution in [0.1, 0.15) is 31.7 Å². The molecule has 1 aromatic rings. The van der Waals surface area contributed by atoms with Crippen LogP contribution in [0, 0.1) is 12.8 Å². The molecule has 1 saturated heterocycles. The molecule has 19 heavy (non-hydrogen) atoms. The largest absolute Gasteiger partial charge is 0.355 e. The third-order valence-corrected chi connectivity index (χ3v) is 4.22. The maximum absolute atomic E-state index is 4.59. The lowest BCUT2D eigenvalue weighted by atomic mass is 9.98. The highest BCUT2D eigenvalue weighted by Crippen LogP contribution is 2.28. The molecule has 4 heteroatoms. The van der Waals surface area contributed by atoms with Gasteiger partial charge >= 0.3 is 0 Å². The van der Waals surface area contributed by atoms with Crippen molar-refractivity contribution in [2.24, 2.45) is 5.92 Å². The van der Waals surface area contributed by atoms with Crippen molar-refractivity contribution in [3.63, 3.8) is 0 Å². The summed E-state index contributed by atoms with van der Waals surface area (Å²) >= 11 is 3.65. The van der Waals surface area contributed by atoms with Crippen LogP contribution in [0.25, 0.3) is 0 Å². The lowest BCUT2D eigenvalue weighted by molar-refractivity contribution is 0.391. The van der Waals surface area contributed by atoms with Crippen LogP contribution in [-0.4, -0.2) is 31.2 Å². The molecule has 0 spiro atoms. The summed E-state index contributed by atoms with van der Waals surface area (Å²) in [6.07, 6.45) is 5.76. The van der Waals surface area contributed by atoms with Gasteiger partial charge in [-0.3, -0.25) is 0 Å². The Bertz CT molecular complexity index is 408. The van der Waals surface area contributed by atoms with E-state index in [2.05, 4.69) is 51.0 Å². The molecule has 1 aliphatic heterocycles. The normalized spacial score (nSPS) is 19.7. The van der Waals surface area contributed by atoms with Crippen molar-refractivity contribution in [1.82, 2.24) is 10.3 Å². The maximum Gasteiger partial charge on any atom is 0.142 e. The quantitative estimate of drug-likeness (QED) is 0.841. The molecule has 0 saturated carbocycles. The molecule has 1 fully saturated rings. The molecule has 2 rings (SSSR count). The zero-order chi connectivity index (χ0) is 13.7. The number of pyridine rings is 1. The first-order chi connectivity index (χ1) is 9.20. The second-order valence-corrected chi connectivity index (χ2v) is 6.33. The van der Waals surface area contributed by atoms with Gasteiger partial charge in [0, 0.05) is 19.3 Å². The molecule has 1 N–H and O–H groups in total. The van der Waals surface area contributed by atoms with E-state index in [-0.39, 0.29) is 0 Å². The number of rotatable bonds is 5. The summed E-state index contributed by atoms with van der Waals surface area (Å²) < 4.78 is 1.12. The molecule has 0 aromatic carbocycles. The van der Waals surface area contributed by atoms with Crippen LogP contribution in [0.2, 0.25) is 0 Å². The Labute approximate surface area is 124 Å². The highest BCUT2D eigenvalue weighted by atomic mass is 79.9. The molecule has 0 amide bonds. The fourth-order valence-electron chi connectivity index (χ4n) is 2.67. The summed E-state index contributed by atoms with van der Waals surface area (Å²) in [6, 6.07) is 2.15. The fourth-order valence-corrected chi connectivity index (χ4v) is 3.38. The number of aromatic nitrogens is 1. The second kappa shape index (κ2) is 7.25. The Kier molecular flexibility index (Phi) is 5.64. The minimum Gasteiger partial charge on any atom is -0.355 e. The Morgan fingerprint density at radius 3 is 3.11 bits per heavy atom. The third kappa shape index (κ3) is 4.18. The van der Waals surface area contributed by atoms with Gasteiger partial charge in [0.25, 0.3) is 0 Å². The number of piperidine rings is 1. The van der Waals surface area contributed by atoms with E-state index in [1.165, 1.54) is 24.8 Å². The van der Waals surface area contributed by atoms with E-state index in [9.17, 15) is 0 Å². The van der Waals surface area contributed by atoms with Gasteiger partial charge in [-0.05, 0) is 72.8 Å². The van der Waals surface area contributed by atoms with Gasteiger partial charge in [-0.1, -0.05) is 6.92 Å². The molecule has 3 nitrogen and oxygen atoms in total. The van der Waals surface area contributed by atoms with Crippen LogP contribution in [0.5, 0.6) is 0 Å². The number of nitrogens with zero attached hydrogens (tertiary/aromatic N) is 2. The number of anilines is 1. The fraction of sp³-hybridized carbons (Fsp3) is 0.667. The Morgan fingerprint density at radius 1 is 1.53 bits per heavy atom. The van der Waals surface area contributed by atoms with Crippen LogP contribution in [0.15, 0.2) is 16.7 Å². The summed E-state index contributed by atoms with van der Waals surface area (Å²) in [6.45, 7) is 8.80. The number of aryl methyl sites for hydroxylation is 1. The summed E-state index contributed by atoms with van der Waals surface area (Å²) in [5.74, 6) is 1.85. The van der Waals surface area contributed by atoms with E-state index >= 15 is 0 Å². The van der Waals surface area contributed by atoms with Crippen molar-refractivity contribution < 1.29 is 0 Å². The minimum absolute atomic E-state index is 0.746. The van der Waals surface area contributed by atoms with Crippen molar-refractivity contribution in [1.29, 1.82) is 0 Å². The zero-order valence-corrected chi connectivity index (χ0v) is 13.5. The van der Waals surface area contributed by atoms with Crippen LogP contribution in [0.4, 0.5) is 5.82 Å². The molecule has 0 aliphatic carbocycles. The van der Waals surface area contributed by atoms with Crippen molar-refractivity contribution in [2.45, 2.75) is 33.1 Å². The number of nitrogens with one attached hydrogen (secondary N) is 1. The highest BCUT2D eigenvalue weighted by Gasteiger charge is 2.21. The van der Waals surface area contributed by atoms with Gasteiger partial charge in [-0.25, -0.2) is 4.98 Å². The van der Waals surface area contributed by atoms with Gasteiger partial charge < -0.3 is 10.2 Å². The van der Waals surface area contributed by atoms with Crippen LogP contribution < -0.4 is 10.2 Å². The predicted molar refractivity (Wildman–Crippen MR) is 84.8 cm³/mol. The smallest absolute Gasteiger partial charge is 0.142 e. The minimum atomic E-state index is 0.746. The Morgan fingerprint density at radius 2 is 2.37 bits per heavy atom. The van der Waals surface area contributed by atoms with Crippen LogP contribution in [-0.2, 0) is 0 Å². The standard InChI is InChI=1S/C15H24BrN3/c1-3-6-17-10-13-5-4-7-19(11-13)15-14(16)8-12(2)9-18-15/h8-9,13,17H,3-7,10-11H2,1-2H3. The van der Waals surface area contributed by atoms with E-state index in [1.54, 1.807) is 0 Å². The van der Waals surface area contributed by atoms with Crippen molar-refractivity contribution in [3.8, 4) is 0 Å². The average Bonchev–Trinajstić information content (AvgIpc) is 2.39. The molecule has 0 bridgehead atoms.